The summed E-state index contributed by atoms with van der Waals surface area (Å²) in [4.78, 5) is 19.7. The maximum absolute atomic E-state index is 13.9. The van der Waals surface area contributed by atoms with Crippen molar-refractivity contribution in [2.75, 3.05) is 27.2 Å². The first-order chi connectivity index (χ1) is 12.9. The molecule has 3 heterocycles. The minimum absolute atomic E-state index is 0.0254. The number of alkyl halides is 1. The molecule has 2 N–H and O–H groups in total. The van der Waals surface area contributed by atoms with E-state index in [0.717, 1.165) is 38.8 Å². The zero-order valence-electron chi connectivity index (χ0n) is 16.8. The average molecular weight is 380 g/mol. The molecule has 4 rings (SSSR count). The molecule has 3 fully saturated rings. The zero-order valence-corrected chi connectivity index (χ0v) is 16.8. The number of aliphatic imine (C=N–C) groups is 1. The molecule has 27 heavy (non-hydrogen) atoms. The van der Waals surface area contributed by atoms with Gasteiger partial charge < -0.3 is 0 Å². The van der Waals surface area contributed by atoms with Crippen LogP contribution in [0.3, 0.4) is 0 Å². The van der Waals surface area contributed by atoms with E-state index >= 15 is 0 Å². The summed E-state index contributed by atoms with van der Waals surface area (Å²) in [5, 5.41) is 5.08. The Morgan fingerprint density at radius 3 is 2.85 bits per heavy atom. The molecule has 152 valence electrons. The molecule has 7 heteroatoms. The highest BCUT2D eigenvalue weighted by Crippen LogP contribution is 2.44. The van der Waals surface area contributed by atoms with E-state index in [4.69, 9.17) is 4.99 Å². The lowest BCUT2D eigenvalue weighted by atomic mass is 9.71. The number of hydrogen-bond acceptors (Lipinski definition) is 5. The van der Waals surface area contributed by atoms with Crippen molar-refractivity contribution >= 4 is 12.1 Å². The van der Waals surface area contributed by atoms with Gasteiger partial charge in [-0.1, -0.05) is 6.92 Å². The SMILES string of the molecule is CC1CC(C2N=CCC2C2CC3CNC(C(=O)NN(C)C)N3C2)CCC1F. The molecule has 3 aliphatic heterocycles. The molecule has 2 saturated heterocycles. The highest BCUT2D eigenvalue weighted by molar-refractivity contribution is 5.81. The standard InChI is InChI=1S/C20H34FN5O/c1-12-8-13(4-5-17(12)21)18-16(6-7-22-18)14-9-15-10-23-19(26(15)11-14)20(27)24-25(2)3/h7,12-19,23H,4-6,8-11H2,1-3H3,(H,24,27). The van der Waals surface area contributed by atoms with Crippen LogP contribution in [0.4, 0.5) is 4.39 Å². The fourth-order valence-corrected chi connectivity index (χ4v) is 5.90. The lowest BCUT2D eigenvalue weighted by Crippen LogP contribution is -2.52. The van der Waals surface area contributed by atoms with Gasteiger partial charge in [0.15, 0.2) is 0 Å². The normalized spacial score (nSPS) is 44.8. The van der Waals surface area contributed by atoms with Gasteiger partial charge in [-0.3, -0.25) is 25.4 Å². The van der Waals surface area contributed by atoms with Crippen LogP contribution in [0.1, 0.15) is 39.0 Å². The summed E-state index contributed by atoms with van der Waals surface area (Å²) in [6.45, 7) is 3.89. The Bertz CT molecular complexity index is 585. The van der Waals surface area contributed by atoms with Crippen molar-refractivity contribution in [3.05, 3.63) is 0 Å². The first-order valence-electron chi connectivity index (χ1n) is 10.6. The van der Waals surface area contributed by atoms with Gasteiger partial charge in [0.2, 0.25) is 0 Å². The highest BCUT2D eigenvalue weighted by Gasteiger charge is 2.49. The number of hydrogen-bond donors (Lipinski definition) is 2. The fraction of sp³-hybridized carbons (Fsp3) is 0.900. The van der Waals surface area contributed by atoms with Crippen LogP contribution < -0.4 is 10.7 Å². The third-order valence-electron chi connectivity index (χ3n) is 7.24. The van der Waals surface area contributed by atoms with Crippen molar-refractivity contribution in [3.8, 4) is 0 Å². The van der Waals surface area contributed by atoms with E-state index in [1.165, 1.54) is 0 Å². The van der Waals surface area contributed by atoms with Gasteiger partial charge in [-0.2, -0.15) is 0 Å². The molecule has 0 aromatic heterocycles. The van der Waals surface area contributed by atoms with Gasteiger partial charge in [0.25, 0.3) is 5.91 Å². The third kappa shape index (κ3) is 3.78. The quantitative estimate of drug-likeness (QED) is 0.726. The molecule has 0 aromatic carbocycles. The number of carbonyl (C=O) groups excluding carboxylic acids is 1. The molecule has 0 radical (unpaired) electrons. The number of halogens is 1. The number of nitrogens with zero attached hydrogens (tertiary/aromatic N) is 3. The number of rotatable bonds is 4. The first-order valence-corrected chi connectivity index (χ1v) is 10.6. The summed E-state index contributed by atoms with van der Waals surface area (Å²) in [5.41, 5.74) is 2.88. The van der Waals surface area contributed by atoms with E-state index in [9.17, 15) is 9.18 Å². The number of hydrazine groups is 1. The highest BCUT2D eigenvalue weighted by atomic mass is 19.1. The van der Waals surface area contributed by atoms with Crippen LogP contribution in [-0.2, 0) is 4.79 Å². The van der Waals surface area contributed by atoms with E-state index in [0.29, 0.717) is 36.3 Å². The second-order valence-electron chi connectivity index (χ2n) is 9.32. The Kier molecular flexibility index (Phi) is 5.54. The number of carbonyl (C=O) groups is 1. The summed E-state index contributed by atoms with van der Waals surface area (Å²) in [7, 11) is 3.68. The fourth-order valence-electron chi connectivity index (χ4n) is 5.90. The van der Waals surface area contributed by atoms with Crippen molar-refractivity contribution in [1.82, 2.24) is 20.7 Å². The smallest absolute Gasteiger partial charge is 0.266 e. The molecule has 4 aliphatic rings. The molecule has 0 aromatic rings. The van der Waals surface area contributed by atoms with Crippen molar-refractivity contribution < 1.29 is 9.18 Å². The summed E-state index contributed by atoms with van der Waals surface area (Å²) in [6.07, 6.45) is 6.06. The lowest BCUT2D eigenvalue weighted by Gasteiger charge is -2.36. The summed E-state index contributed by atoms with van der Waals surface area (Å²) < 4.78 is 13.9. The van der Waals surface area contributed by atoms with E-state index in [1.807, 2.05) is 14.1 Å². The summed E-state index contributed by atoms with van der Waals surface area (Å²) in [6, 6.07) is 0.793. The predicted molar refractivity (Wildman–Crippen MR) is 104 cm³/mol. The molecule has 0 spiro atoms. The number of nitrogens with one attached hydrogen (secondary N) is 2. The molecule has 0 bridgehead atoms. The molecule has 1 amide bonds. The minimum atomic E-state index is -0.635. The molecular formula is C20H34FN5O. The van der Waals surface area contributed by atoms with Crippen molar-refractivity contribution in [3.63, 3.8) is 0 Å². The Hall–Kier alpha value is -1.05. The Labute approximate surface area is 161 Å². The van der Waals surface area contributed by atoms with E-state index in [2.05, 4.69) is 28.8 Å². The van der Waals surface area contributed by atoms with Gasteiger partial charge in [-0.15, -0.1) is 0 Å². The van der Waals surface area contributed by atoms with E-state index in [1.54, 1.807) is 5.01 Å². The maximum Gasteiger partial charge on any atom is 0.266 e. The average Bonchev–Trinajstić information content (AvgIpc) is 3.30. The van der Waals surface area contributed by atoms with Gasteiger partial charge in [0.1, 0.15) is 12.3 Å². The van der Waals surface area contributed by atoms with Gasteiger partial charge >= 0.3 is 0 Å². The van der Waals surface area contributed by atoms with Gasteiger partial charge in [-0.05, 0) is 62.0 Å². The maximum atomic E-state index is 13.9. The van der Waals surface area contributed by atoms with Crippen molar-refractivity contribution in [1.29, 1.82) is 0 Å². The molecule has 6 nitrogen and oxygen atoms in total. The van der Waals surface area contributed by atoms with Crippen LogP contribution in [0.2, 0.25) is 0 Å². The van der Waals surface area contributed by atoms with Crippen molar-refractivity contribution in [2.45, 2.75) is 63.4 Å². The van der Waals surface area contributed by atoms with Crippen LogP contribution in [0, 0.1) is 23.7 Å². The number of amides is 1. The van der Waals surface area contributed by atoms with Gasteiger partial charge in [0, 0.05) is 33.2 Å². The van der Waals surface area contributed by atoms with Crippen LogP contribution >= 0.6 is 0 Å². The van der Waals surface area contributed by atoms with E-state index in [-0.39, 0.29) is 18.0 Å². The van der Waals surface area contributed by atoms with Crippen LogP contribution in [0.25, 0.3) is 0 Å². The first kappa shape index (κ1) is 19.3. The van der Waals surface area contributed by atoms with Crippen LogP contribution in [-0.4, -0.2) is 73.6 Å². The van der Waals surface area contributed by atoms with Crippen molar-refractivity contribution in [2.24, 2.45) is 28.7 Å². The summed E-state index contributed by atoms with van der Waals surface area (Å²) >= 11 is 0. The summed E-state index contributed by atoms with van der Waals surface area (Å²) in [5.74, 6) is 1.85. The van der Waals surface area contributed by atoms with Gasteiger partial charge in [0.05, 0.1) is 6.04 Å². The Morgan fingerprint density at radius 2 is 2.11 bits per heavy atom. The Morgan fingerprint density at radius 1 is 1.30 bits per heavy atom. The lowest BCUT2D eigenvalue weighted by molar-refractivity contribution is -0.130. The second kappa shape index (κ2) is 7.76. The van der Waals surface area contributed by atoms with Gasteiger partial charge in [-0.25, -0.2) is 9.40 Å². The minimum Gasteiger partial charge on any atom is -0.294 e. The topological polar surface area (TPSA) is 60.0 Å². The predicted octanol–water partition coefficient (Wildman–Crippen LogP) is 1.43. The van der Waals surface area contributed by atoms with E-state index < -0.39 is 6.17 Å². The van der Waals surface area contributed by atoms with Crippen LogP contribution in [0.15, 0.2) is 4.99 Å². The Balaban J connectivity index is 1.39. The molecule has 8 unspecified atom stereocenters. The number of fused-ring (bicyclic) bond motifs is 1. The molecule has 1 saturated carbocycles. The molecule has 1 aliphatic carbocycles. The molecule has 8 atom stereocenters. The zero-order chi connectivity index (χ0) is 19.1. The second-order valence-corrected chi connectivity index (χ2v) is 9.32. The molecular weight excluding hydrogens is 345 g/mol. The van der Waals surface area contributed by atoms with Crippen LogP contribution in [0.5, 0.6) is 0 Å². The third-order valence-corrected chi connectivity index (χ3v) is 7.24. The monoisotopic (exact) mass is 379 g/mol. The largest absolute Gasteiger partial charge is 0.294 e.